The molecule has 0 unspecified atom stereocenters. The topological polar surface area (TPSA) is 101 Å². The van der Waals surface area contributed by atoms with E-state index in [0.29, 0.717) is 24.3 Å². The Balaban J connectivity index is 1.30. The van der Waals surface area contributed by atoms with Gasteiger partial charge in [0.1, 0.15) is 5.75 Å². The SMILES string of the molecule is CCCC1=C([C@H](O)CC/C(=C/c2ccc(O)cc2Cl)CC)[C@H](CO)[C@@H]2C(=O)N(C3CCN(Cc4ccccc4)CC3)C(=O)[C@@H]2C1. The Morgan fingerprint density at radius 2 is 1.80 bits per heavy atom. The number of fused-ring (bicyclic) bond motifs is 1. The molecule has 7 nitrogen and oxygen atoms in total. The van der Waals surface area contributed by atoms with Crippen LogP contribution in [0.25, 0.3) is 6.08 Å². The van der Waals surface area contributed by atoms with Crippen molar-refractivity contribution < 1.29 is 24.9 Å². The summed E-state index contributed by atoms with van der Waals surface area (Å²) >= 11 is 6.34. The molecule has 0 spiro atoms. The Kier molecular flexibility index (Phi) is 11.2. The first-order valence-corrected chi connectivity index (χ1v) is 16.9. The molecule has 0 radical (unpaired) electrons. The van der Waals surface area contributed by atoms with E-state index >= 15 is 0 Å². The van der Waals surface area contributed by atoms with Gasteiger partial charge in [-0.2, -0.15) is 0 Å². The van der Waals surface area contributed by atoms with Gasteiger partial charge in [-0.25, -0.2) is 0 Å². The minimum atomic E-state index is -0.826. The fraction of sp³-hybridized carbons (Fsp3) is 0.514. The summed E-state index contributed by atoms with van der Waals surface area (Å²) in [6, 6.07) is 15.1. The summed E-state index contributed by atoms with van der Waals surface area (Å²) < 4.78 is 0. The van der Waals surface area contributed by atoms with E-state index < -0.39 is 23.9 Å². The van der Waals surface area contributed by atoms with Crippen LogP contribution in [0.4, 0.5) is 0 Å². The smallest absolute Gasteiger partial charge is 0.234 e. The summed E-state index contributed by atoms with van der Waals surface area (Å²) in [5, 5.41) is 32.5. The largest absolute Gasteiger partial charge is 0.508 e. The molecule has 3 aliphatic rings. The lowest BCUT2D eigenvalue weighted by atomic mass is 9.67. The summed E-state index contributed by atoms with van der Waals surface area (Å²) in [7, 11) is 0. The van der Waals surface area contributed by atoms with Crippen molar-refractivity contribution in [2.24, 2.45) is 17.8 Å². The summed E-state index contributed by atoms with van der Waals surface area (Å²) in [4.78, 5) is 31.8. The molecule has 4 atom stereocenters. The molecule has 5 rings (SSSR count). The van der Waals surface area contributed by atoms with Crippen molar-refractivity contribution in [3.8, 4) is 5.75 Å². The predicted molar refractivity (Wildman–Crippen MR) is 177 cm³/mol. The maximum Gasteiger partial charge on any atom is 0.234 e. The molecule has 2 aliphatic heterocycles. The number of allylic oxidation sites excluding steroid dienone is 2. The van der Waals surface area contributed by atoms with Crippen LogP contribution in [0, 0.1) is 17.8 Å². The number of nitrogens with zero attached hydrogens (tertiary/aromatic N) is 2. The number of carbonyl (C=O) groups is 2. The Bertz CT molecular complexity index is 1420. The minimum Gasteiger partial charge on any atom is -0.508 e. The molecule has 45 heavy (non-hydrogen) atoms. The van der Waals surface area contributed by atoms with Gasteiger partial charge >= 0.3 is 0 Å². The second-order valence-electron chi connectivity index (χ2n) is 12.9. The van der Waals surface area contributed by atoms with Gasteiger partial charge in [-0.05, 0) is 79.8 Å². The molecule has 3 N–H and O–H groups in total. The Labute approximate surface area is 272 Å². The van der Waals surface area contributed by atoms with Crippen LogP contribution in [0.2, 0.25) is 5.02 Å². The Morgan fingerprint density at radius 3 is 2.44 bits per heavy atom. The molecule has 242 valence electrons. The molecular weight excluding hydrogens is 588 g/mol. The van der Waals surface area contributed by atoms with E-state index in [4.69, 9.17) is 11.6 Å². The Hall–Kier alpha value is -2.97. The molecule has 2 aromatic carbocycles. The molecule has 0 bridgehead atoms. The van der Waals surface area contributed by atoms with E-state index in [9.17, 15) is 24.9 Å². The number of imide groups is 1. The van der Waals surface area contributed by atoms with Crippen LogP contribution in [0.3, 0.4) is 0 Å². The van der Waals surface area contributed by atoms with Gasteiger partial charge in [0.25, 0.3) is 0 Å². The summed E-state index contributed by atoms with van der Waals surface area (Å²) in [6.45, 7) is 6.36. The van der Waals surface area contributed by atoms with Crippen molar-refractivity contribution >= 4 is 29.5 Å². The lowest BCUT2D eigenvalue weighted by Crippen LogP contribution is -2.47. The zero-order valence-corrected chi connectivity index (χ0v) is 27.3. The Morgan fingerprint density at radius 1 is 1.07 bits per heavy atom. The molecule has 0 aromatic heterocycles. The number of aliphatic hydroxyl groups is 2. The highest BCUT2D eigenvalue weighted by Crippen LogP contribution is 2.48. The number of likely N-dealkylation sites (tertiary alicyclic amines) is 2. The highest BCUT2D eigenvalue weighted by molar-refractivity contribution is 6.32. The van der Waals surface area contributed by atoms with Crippen molar-refractivity contribution in [2.75, 3.05) is 19.7 Å². The lowest BCUT2D eigenvalue weighted by molar-refractivity contribution is -0.144. The standard InChI is InChI=1S/C37H47ClN2O5/c1-3-8-27-20-30-35(37(45)40(36(30)44)28-15-17-39(18-16-28)22-25-9-6-5-7-10-25)31(23-41)34(27)33(43)14-11-24(4-2)19-26-12-13-29(42)21-32(26)38/h5-7,9-10,12-13,19,21,28,30-31,33,35,41-43H,3-4,8,11,14-18,20,22-23H2,1-2H3/b24-19+/t30-,31+,33-,35-/m1/s1. The molecule has 2 aromatic rings. The number of hydrogen-bond acceptors (Lipinski definition) is 6. The monoisotopic (exact) mass is 634 g/mol. The first-order valence-electron chi connectivity index (χ1n) is 16.6. The van der Waals surface area contributed by atoms with E-state index in [1.54, 1.807) is 12.1 Å². The van der Waals surface area contributed by atoms with E-state index in [-0.39, 0.29) is 30.2 Å². The normalized spacial score (nSPS) is 24.0. The molecule has 1 aliphatic carbocycles. The molecule has 2 heterocycles. The summed E-state index contributed by atoms with van der Waals surface area (Å²) in [5.41, 5.74) is 4.95. The number of benzene rings is 2. The van der Waals surface area contributed by atoms with Crippen LogP contribution < -0.4 is 0 Å². The van der Waals surface area contributed by atoms with Crippen LogP contribution >= 0.6 is 11.6 Å². The van der Waals surface area contributed by atoms with Gasteiger partial charge in [-0.3, -0.25) is 19.4 Å². The number of rotatable bonds is 12. The third-order valence-electron chi connectivity index (χ3n) is 10.0. The van der Waals surface area contributed by atoms with Crippen molar-refractivity contribution in [3.63, 3.8) is 0 Å². The second-order valence-corrected chi connectivity index (χ2v) is 13.3. The van der Waals surface area contributed by atoms with Gasteiger partial charge in [0.2, 0.25) is 11.8 Å². The third-order valence-corrected chi connectivity index (χ3v) is 10.4. The molecule has 0 saturated carbocycles. The lowest BCUT2D eigenvalue weighted by Gasteiger charge is -2.37. The van der Waals surface area contributed by atoms with Gasteiger partial charge in [0.05, 0.1) is 29.6 Å². The fourth-order valence-electron chi connectivity index (χ4n) is 7.74. The van der Waals surface area contributed by atoms with Crippen molar-refractivity contribution in [3.05, 3.63) is 81.4 Å². The van der Waals surface area contributed by atoms with Gasteiger partial charge in [-0.15, -0.1) is 0 Å². The van der Waals surface area contributed by atoms with Crippen LogP contribution in [0.15, 0.2) is 65.3 Å². The zero-order valence-electron chi connectivity index (χ0n) is 26.5. The van der Waals surface area contributed by atoms with Gasteiger partial charge in [-0.1, -0.05) is 79.4 Å². The molecule has 8 heteroatoms. The van der Waals surface area contributed by atoms with Crippen LogP contribution in [0.1, 0.15) is 76.3 Å². The zero-order chi connectivity index (χ0) is 32.1. The van der Waals surface area contributed by atoms with Crippen molar-refractivity contribution in [2.45, 2.75) is 83.9 Å². The first-order chi connectivity index (χ1) is 21.7. The number of amides is 2. The van der Waals surface area contributed by atoms with Gasteiger partial charge < -0.3 is 15.3 Å². The maximum atomic E-state index is 14.0. The molecule has 2 saturated heterocycles. The third kappa shape index (κ3) is 7.38. The molecular formula is C37H47ClN2O5. The average Bonchev–Trinajstić information content (AvgIpc) is 3.29. The predicted octanol–water partition coefficient (Wildman–Crippen LogP) is 6.35. The number of aliphatic hydroxyl groups excluding tert-OH is 2. The minimum absolute atomic E-state index is 0.103. The fourth-order valence-corrected chi connectivity index (χ4v) is 7.97. The quantitative estimate of drug-likeness (QED) is 0.186. The number of phenolic OH excluding ortho intramolecular Hbond substituents is 1. The van der Waals surface area contributed by atoms with E-state index in [0.717, 1.165) is 74.0 Å². The van der Waals surface area contributed by atoms with Gasteiger partial charge in [0, 0.05) is 31.6 Å². The summed E-state index contributed by atoms with van der Waals surface area (Å²) in [5.74, 6) is -1.85. The number of aromatic hydroxyl groups is 1. The van der Waals surface area contributed by atoms with Crippen LogP contribution in [0.5, 0.6) is 5.75 Å². The van der Waals surface area contributed by atoms with E-state index in [2.05, 4.69) is 30.9 Å². The van der Waals surface area contributed by atoms with Crippen LogP contribution in [-0.4, -0.2) is 68.8 Å². The number of carbonyl (C=O) groups excluding carboxylic acids is 2. The first kappa shape index (κ1) is 33.4. The summed E-state index contributed by atoms with van der Waals surface area (Å²) in [6.07, 6.45) is 6.54. The number of phenols is 1. The van der Waals surface area contributed by atoms with Crippen molar-refractivity contribution in [1.82, 2.24) is 9.80 Å². The highest BCUT2D eigenvalue weighted by Gasteiger charge is 2.56. The van der Waals surface area contributed by atoms with Gasteiger partial charge in [0.15, 0.2) is 0 Å². The highest BCUT2D eigenvalue weighted by atomic mass is 35.5. The molecule has 2 fully saturated rings. The number of hydrogen-bond donors (Lipinski definition) is 3. The molecule has 2 amide bonds. The maximum absolute atomic E-state index is 14.0. The number of piperidine rings is 1. The van der Waals surface area contributed by atoms with Crippen molar-refractivity contribution in [1.29, 1.82) is 0 Å². The number of halogens is 1. The van der Waals surface area contributed by atoms with E-state index in [1.165, 1.54) is 16.5 Å². The van der Waals surface area contributed by atoms with Crippen LogP contribution in [-0.2, 0) is 16.1 Å². The van der Waals surface area contributed by atoms with E-state index in [1.807, 2.05) is 24.3 Å². The second kappa shape index (κ2) is 15.1. The average molecular weight is 635 g/mol.